The largest absolute Gasteiger partial charge is 0.344 e. The number of nitrogens with one attached hydrogen (secondary N) is 4. The molecule has 2 heterocycles. The number of aryl methyl sites for hydroxylation is 1. The summed E-state index contributed by atoms with van der Waals surface area (Å²) in [5.41, 5.74) is 11.4. The highest BCUT2D eigenvalue weighted by Crippen LogP contribution is 2.29. The van der Waals surface area contributed by atoms with Crippen LogP contribution in [-0.2, 0) is 16.0 Å². The van der Waals surface area contributed by atoms with Crippen LogP contribution in [0.2, 0.25) is 0 Å². The quantitative estimate of drug-likeness (QED) is 0.238. The highest BCUT2D eigenvalue weighted by atomic mass is 16.2. The van der Waals surface area contributed by atoms with Gasteiger partial charge in [-0.25, -0.2) is 4.79 Å². The van der Waals surface area contributed by atoms with E-state index in [-0.39, 0.29) is 23.4 Å². The number of carbonyl (C=O) groups excluding carboxylic acids is 2. The van der Waals surface area contributed by atoms with E-state index in [2.05, 4.69) is 31.7 Å². The lowest BCUT2D eigenvalue weighted by atomic mass is 9.81. The van der Waals surface area contributed by atoms with E-state index in [0.717, 1.165) is 47.9 Å². The Labute approximate surface area is 226 Å². The first-order valence-corrected chi connectivity index (χ1v) is 13.4. The number of amides is 2. The summed E-state index contributed by atoms with van der Waals surface area (Å²) in [6, 6.07) is 14.4. The van der Waals surface area contributed by atoms with Crippen molar-refractivity contribution in [3.05, 3.63) is 82.5 Å². The van der Waals surface area contributed by atoms with Crippen LogP contribution in [-0.4, -0.2) is 39.4 Å². The van der Waals surface area contributed by atoms with Gasteiger partial charge in [0.15, 0.2) is 0 Å². The summed E-state index contributed by atoms with van der Waals surface area (Å²) in [6.07, 6.45) is 7.32. The van der Waals surface area contributed by atoms with Crippen molar-refractivity contribution in [3.63, 3.8) is 0 Å². The number of aromatic nitrogens is 3. The number of hydrogen-bond acceptors (Lipinski definition) is 5. The van der Waals surface area contributed by atoms with Crippen molar-refractivity contribution < 1.29 is 9.59 Å². The standard InChI is InChI=1S/C30H34N6O3/c1-18-17-32-12-11-24(18)22-4-2-3-20(13-22)14-27(34-28(37)21-7-5-19(16-31)6-8-21)29(38)33-23-9-10-25-26(15-23)36-30(39)35-25/h2-4,9-13,15,17,19,21,27H,5-8,14,16,31H2,1H3,(H,33,38)(H,34,37)(H2,35,36,39)/t19-,21-,27-/m0/s1. The number of imidazole rings is 1. The van der Waals surface area contributed by atoms with Gasteiger partial charge in [0, 0.05) is 30.4 Å². The van der Waals surface area contributed by atoms with Gasteiger partial charge in [-0.1, -0.05) is 24.3 Å². The second-order valence-corrected chi connectivity index (χ2v) is 10.4. The Morgan fingerprint density at radius 2 is 1.85 bits per heavy atom. The van der Waals surface area contributed by atoms with Gasteiger partial charge >= 0.3 is 5.69 Å². The molecule has 0 aliphatic heterocycles. The predicted molar refractivity (Wildman–Crippen MR) is 152 cm³/mol. The van der Waals surface area contributed by atoms with Crippen molar-refractivity contribution >= 4 is 28.5 Å². The molecule has 6 N–H and O–H groups in total. The number of pyridine rings is 1. The summed E-state index contributed by atoms with van der Waals surface area (Å²) in [5, 5.41) is 5.97. The van der Waals surface area contributed by atoms with E-state index in [1.807, 2.05) is 37.4 Å². The maximum Gasteiger partial charge on any atom is 0.323 e. The molecule has 1 aliphatic carbocycles. The number of fused-ring (bicyclic) bond motifs is 1. The molecule has 1 fully saturated rings. The fraction of sp³-hybridized carbons (Fsp3) is 0.333. The van der Waals surface area contributed by atoms with Gasteiger partial charge < -0.3 is 26.3 Å². The molecule has 5 rings (SSSR count). The molecule has 0 unspecified atom stereocenters. The van der Waals surface area contributed by atoms with Gasteiger partial charge in [-0.3, -0.25) is 14.6 Å². The van der Waals surface area contributed by atoms with Crippen molar-refractivity contribution in [1.29, 1.82) is 0 Å². The van der Waals surface area contributed by atoms with Gasteiger partial charge in [0.1, 0.15) is 6.04 Å². The zero-order valence-corrected chi connectivity index (χ0v) is 22.0. The number of carbonyl (C=O) groups is 2. The van der Waals surface area contributed by atoms with E-state index in [1.165, 1.54) is 0 Å². The third kappa shape index (κ3) is 6.26. The fourth-order valence-corrected chi connectivity index (χ4v) is 5.40. The van der Waals surface area contributed by atoms with Crippen molar-refractivity contribution in [2.45, 2.75) is 45.1 Å². The molecule has 9 heteroatoms. The first kappa shape index (κ1) is 26.4. The lowest BCUT2D eigenvalue weighted by Crippen LogP contribution is -2.48. The Morgan fingerprint density at radius 3 is 2.62 bits per heavy atom. The molecule has 0 bridgehead atoms. The second kappa shape index (κ2) is 11.7. The third-order valence-electron chi connectivity index (χ3n) is 7.67. The van der Waals surface area contributed by atoms with E-state index in [0.29, 0.717) is 35.6 Å². The summed E-state index contributed by atoms with van der Waals surface area (Å²) >= 11 is 0. The van der Waals surface area contributed by atoms with Gasteiger partial charge in [0.05, 0.1) is 11.0 Å². The molecule has 4 aromatic rings. The molecule has 2 aromatic heterocycles. The van der Waals surface area contributed by atoms with Crippen molar-refractivity contribution in [3.8, 4) is 11.1 Å². The number of nitrogens with two attached hydrogens (primary N) is 1. The van der Waals surface area contributed by atoms with Gasteiger partial charge in [0.2, 0.25) is 11.8 Å². The van der Waals surface area contributed by atoms with E-state index in [9.17, 15) is 14.4 Å². The smallest absolute Gasteiger partial charge is 0.323 e. The highest BCUT2D eigenvalue weighted by molar-refractivity contribution is 5.98. The predicted octanol–water partition coefficient (Wildman–Crippen LogP) is 3.66. The van der Waals surface area contributed by atoms with Crippen LogP contribution in [0.1, 0.15) is 36.8 Å². The number of aromatic amines is 2. The second-order valence-electron chi connectivity index (χ2n) is 10.4. The normalized spacial score (nSPS) is 18.0. The first-order valence-electron chi connectivity index (χ1n) is 13.4. The van der Waals surface area contributed by atoms with E-state index >= 15 is 0 Å². The molecule has 9 nitrogen and oxygen atoms in total. The van der Waals surface area contributed by atoms with Crippen LogP contribution < -0.4 is 22.1 Å². The number of nitrogens with zero attached hydrogens (tertiary/aromatic N) is 1. The van der Waals surface area contributed by atoms with Crippen LogP contribution in [0, 0.1) is 18.8 Å². The van der Waals surface area contributed by atoms with Gasteiger partial charge in [-0.05, 0) is 91.6 Å². The minimum absolute atomic E-state index is 0.0998. The highest BCUT2D eigenvalue weighted by Gasteiger charge is 2.29. The van der Waals surface area contributed by atoms with Gasteiger partial charge in [-0.2, -0.15) is 0 Å². The molecule has 0 saturated heterocycles. The molecule has 1 atom stereocenters. The molecular weight excluding hydrogens is 492 g/mol. The van der Waals surface area contributed by atoms with Gasteiger partial charge in [0.25, 0.3) is 0 Å². The third-order valence-corrected chi connectivity index (χ3v) is 7.67. The number of anilines is 1. The Hall–Kier alpha value is -4.24. The lowest BCUT2D eigenvalue weighted by molar-refractivity contribution is -0.130. The van der Waals surface area contributed by atoms with E-state index in [4.69, 9.17) is 5.73 Å². The minimum atomic E-state index is -0.778. The topological polar surface area (TPSA) is 146 Å². The summed E-state index contributed by atoms with van der Waals surface area (Å²) in [5.74, 6) is -0.0867. The van der Waals surface area contributed by atoms with Crippen LogP contribution in [0.5, 0.6) is 0 Å². The summed E-state index contributed by atoms with van der Waals surface area (Å²) in [6.45, 7) is 2.66. The molecule has 0 spiro atoms. The minimum Gasteiger partial charge on any atom is -0.344 e. The maximum atomic E-state index is 13.6. The molecule has 1 aliphatic rings. The first-order chi connectivity index (χ1) is 18.9. The molecular formula is C30H34N6O3. The summed E-state index contributed by atoms with van der Waals surface area (Å²) < 4.78 is 0. The molecule has 202 valence electrons. The van der Waals surface area contributed by atoms with Crippen LogP contribution in [0.3, 0.4) is 0 Å². The van der Waals surface area contributed by atoms with Crippen LogP contribution in [0.15, 0.2) is 65.7 Å². The lowest BCUT2D eigenvalue weighted by Gasteiger charge is -2.28. The molecule has 1 saturated carbocycles. The van der Waals surface area contributed by atoms with Crippen molar-refractivity contribution in [1.82, 2.24) is 20.3 Å². The van der Waals surface area contributed by atoms with Crippen molar-refractivity contribution in [2.24, 2.45) is 17.6 Å². The Kier molecular flexibility index (Phi) is 7.88. The molecule has 2 amide bonds. The van der Waals surface area contributed by atoms with Crippen LogP contribution >= 0.6 is 0 Å². The maximum absolute atomic E-state index is 13.6. The number of rotatable bonds is 8. The SMILES string of the molecule is Cc1cnccc1-c1cccc(C[C@H](NC(=O)[C@H]2CC[C@H](CN)CC2)C(=O)Nc2ccc3[nH]c(=O)[nH]c3c2)c1. The average Bonchev–Trinajstić information content (AvgIpc) is 3.32. The Balaban J connectivity index is 1.37. The zero-order chi connectivity index (χ0) is 27.4. The zero-order valence-electron chi connectivity index (χ0n) is 22.0. The summed E-state index contributed by atoms with van der Waals surface area (Å²) in [7, 11) is 0. The van der Waals surface area contributed by atoms with Crippen LogP contribution in [0.25, 0.3) is 22.2 Å². The monoisotopic (exact) mass is 526 g/mol. The molecule has 2 aromatic carbocycles. The number of H-pyrrole nitrogens is 2. The summed E-state index contributed by atoms with van der Waals surface area (Å²) in [4.78, 5) is 48.1. The average molecular weight is 527 g/mol. The molecule has 0 radical (unpaired) electrons. The Bertz CT molecular complexity index is 1530. The fourth-order valence-electron chi connectivity index (χ4n) is 5.40. The van der Waals surface area contributed by atoms with Gasteiger partial charge in [-0.15, -0.1) is 0 Å². The molecule has 39 heavy (non-hydrogen) atoms. The van der Waals surface area contributed by atoms with E-state index < -0.39 is 6.04 Å². The van der Waals surface area contributed by atoms with Crippen LogP contribution in [0.4, 0.5) is 5.69 Å². The number of benzene rings is 2. The van der Waals surface area contributed by atoms with E-state index in [1.54, 1.807) is 24.4 Å². The number of hydrogen-bond donors (Lipinski definition) is 5. The Morgan fingerprint density at radius 1 is 1.05 bits per heavy atom. The van der Waals surface area contributed by atoms with Crippen molar-refractivity contribution in [2.75, 3.05) is 11.9 Å².